The van der Waals surface area contributed by atoms with Crippen LogP contribution >= 0.6 is 0 Å². The Kier molecular flexibility index (Phi) is 4.93. The molecule has 1 aromatic rings. The molecule has 0 bridgehead atoms. The Morgan fingerprint density at radius 2 is 1.96 bits per heavy atom. The number of hydrogen-bond acceptors (Lipinski definition) is 6. The van der Waals surface area contributed by atoms with E-state index in [1.54, 1.807) is 37.3 Å². The number of amides is 5. The number of pyridine rings is 1. The first-order valence-corrected chi connectivity index (χ1v) is 7.07. The first-order valence-electron chi connectivity index (χ1n) is 7.07. The Labute approximate surface area is 138 Å². The number of anilines is 2. The van der Waals surface area contributed by atoms with Crippen molar-refractivity contribution in [2.45, 2.75) is 0 Å². The van der Waals surface area contributed by atoms with Gasteiger partial charge in [0, 0.05) is 26.8 Å². The van der Waals surface area contributed by atoms with Gasteiger partial charge in [-0.3, -0.25) is 19.3 Å². The fraction of sp³-hybridized carbons (Fsp3) is 0.267. The summed E-state index contributed by atoms with van der Waals surface area (Å²) in [6, 6.07) is 2.45. The van der Waals surface area contributed by atoms with Crippen LogP contribution < -0.4 is 10.2 Å². The quantitative estimate of drug-likeness (QED) is 0.449. The molecule has 9 nitrogen and oxygen atoms in total. The van der Waals surface area contributed by atoms with Crippen LogP contribution in [0.5, 0.6) is 0 Å². The number of urea groups is 1. The number of rotatable bonds is 6. The topological polar surface area (TPSA) is 103 Å². The molecule has 0 aliphatic carbocycles. The molecule has 1 aliphatic rings. The predicted molar refractivity (Wildman–Crippen MR) is 86.2 cm³/mol. The average molecular weight is 331 g/mol. The summed E-state index contributed by atoms with van der Waals surface area (Å²) < 4.78 is 0. The van der Waals surface area contributed by atoms with Gasteiger partial charge in [-0.05, 0) is 12.1 Å². The van der Waals surface area contributed by atoms with Gasteiger partial charge >= 0.3 is 17.8 Å². The number of hydrogen-bond donors (Lipinski definition) is 1. The first-order chi connectivity index (χ1) is 11.4. The molecule has 1 N–H and O–H groups in total. The molecule has 0 saturated carbocycles. The second kappa shape index (κ2) is 6.90. The van der Waals surface area contributed by atoms with E-state index in [4.69, 9.17) is 0 Å². The van der Waals surface area contributed by atoms with Gasteiger partial charge in [0.1, 0.15) is 6.54 Å². The SMILES string of the molecule is C=CCN1C(=O)C(=O)N(CC(=O)Nc2cccnc2N(C)C)C1=O. The fourth-order valence-corrected chi connectivity index (χ4v) is 2.16. The molecule has 9 heteroatoms. The highest BCUT2D eigenvalue weighted by molar-refractivity contribution is 6.45. The van der Waals surface area contributed by atoms with Crippen molar-refractivity contribution in [3.05, 3.63) is 31.0 Å². The fourth-order valence-electron chi connectivity index (χ4n) is 2.16. The van der Waals surface area contributed by atoms with Gasteiger partial charge in [-0.2, -0.15) is 0 Å². The van der Waals surface area contributed by atoms with Gasteiger partial charge in [-0.25, -0.2) is 14.7 Å². The van der Waals surface area contributed by atoms with Crippen molar-refractivity contribution < 1.29 is 19.2 Å². The molecule has 2 rings (SSSR count). The predicted octanol–water partition coefficient (Wildman–Crippen LogP) is 0.0629. The maximum atomic E-state index is 12.2. The first kappa shape index (κ1) is 17.1. The number of carbonyl (C=O) groups excluding carboxylic acids is 4. The molecule has 1 aliphatic heterocycles. The second-order valence-corrected chi connectivity index (χ2v) is 5.20. The standard InChI is InChI=1S/C15H17N5O4/c1-4-8-19-13(22)14(23)20(15(19)24)9-11(21)17-10-6-5-7-16-12(10)18(2)3/h4-7H,1,8-9H2,2-3H3,(H,17,21). The Morgan fingerprint density at radius 3 is 2.58 bits per heavy atom. The summed E-state index contributed by atoms with van der Waals surface area (Å²) in [4.78, 5) is 54.9. The zero-order valence-corrected chi connectivity index (χ0v) is 13.4. The van der Waals surface area contributed by atoms with Crippen molar-refractivity contribution in [2.24, 2.45) is 0 Å². The number of aromatic nitrogens is 1. The van der Waals surface area contributed by atoms with Crippen molar-refractivity contribution in [3.8, 4) is 0 Å². The molecule has 5 amide bonds. The minimum atomic E-state index is -1.03. The molecule has 126 valence electrons. The summed E-state index contributed by atoms with van der Waals surface area (Å²) in [5, 5.41) is 2.58. The molecular weight excluding hydrogens is 314 g/mol. The van der Waals surface area contributed by atoms with Gasteiger partial charge in [0.05, 0.1) is 5.69 Å². The van der Waals surface area contributed by atoms with Crippen LogP contribution in [0.15, 0.2) is 31.0 Å². The van der Waals surface area contributed by atoms with Crippen LogP contribution in [-0.2, 0) is 14.4 Å². The summed E-state index contributed by atoms with van der Waals surface area (Å²) in [7, 11) is 3.52. The van der Waals surface area contributed by atoms with E-state index >= 15 is 0 Å². The van der Waals surface area contributed by atoms with Crippen LogP contribution in [0.2, 0.25) is 0 Å². The highest BCUT2D eigenvalue weighted by Crippen LogP contribution is 2.20. The van der Waals surface area contributed by atoms with Gasteiger partial charge in [0.25, 0.3) is 0 Å². The minimum absolute atomic E-state index is 0.0884. The molecule has 0 spiro atoms. The van der Waals surface area contributed by atoms with E-state index in [2.05, 4.69) is 16.9 Å². The van der Waals surface area contributed by atoms with E-state index in [0.717, 1.165) is 4.90 Å². The van der Waals surface area contributed by atoms with Crippen LogP contribution in [0, 0.1) is 0 Å². The summed E-state index contributed by atoms with van der Waals surface area (Å²) in [6.07, 6.45) is 2.90. The van der Waals surface area contributed by atoms with Crippen molar-refractivity contribution in [1.82, 2.24) is 14.8 Å². The lowest BCUT2D eigenvalue weighted by Gasteiger charge is -2.17. The highest BCUT2D eigenvalue weighted by Gasteiger charge is 2.44. The lowest BCUT2D eigenvalue weighted by molar-refractivity contribution is -0.143. The van der Waals surface area contributed by atoms with Crippen LogP contribution in [0.4, 0.5) is 16.3 Å². The number of imide groups is 2. The normalized spacial score (nSPS) is 14.2. The van der Waals surface area contributed by atoms with E-state index in [9.17, 15) is 19.2 Å². The van der Waals surface area contributed by atoms with Gasteiger partial charge in [0.15, 0.2) is 5.82 Å². The smallest absolute Gasteiger partial charge is 0.335 e. The molecule has 0 atom stereocenters. The molecule has 0 unspecified atom stereocenters. The molecule has 2 heterocycles. The summed E-state index contributed by atoms with van der Waals surface area (Å²) >= 11 is 0. The molecular formula is C15H17N5O4. The van der Waals surface area contributed by atoms with E-state index in [1.165, 1.54) is 6.08 Å². The van der Waals surface area contributed by atoms with E-state index in [0.29, 0.717) is 16.4 Å². The molecule has 1 saturated heterocycles. The third kappa shape index (κ3) is 3.24. The zero-order valence-electron chi connectivity index (χ0n) is 13.4. The Balaban J connectivity index is 2.10. The minimum Gasteiger partial charge on any atom is -0.361 e. The van der Waals surface area contributed by atoms with E-state index in [1.807, 2.05) is 0 Å². The Hall–Kier alpha value is -3.23. The second-order valence-electron chi connectivity index (χ2n) is 5.20. The van der Waals surface area contributed by atoms with Gasteiger partial charge < -0.3 is 10.2 Å². The van der Waals surface area contributed by atoms with Gasteiger partial charge in [-0.15, -0.1) is 6.58 Å². The Bertz CT molecular complexity index is 716. The van der Waals surface area contributed by atoms with Crippen molar-refractivity contribution in [2.75, 3.05) is 37.4 Å². The van der Waals surface area contributed by atoms with Crippen LogP contribution in [0.1, 0.15) is 0 Å². The average Bonchev–Trinajstić information content (AvgIpc) is 2.73. The highest BCUT2D eigenvalue weighted by atomic mass is 16.2. The van der Waals surface area contributed by atoms with Gasteiger partial charge in [-0.1, -0.05) is 6.08 Å². The lowest BCUT2D eigenvalue weighted by atomic mass is 10.3. The third-order valence-electron chi connectivity index (χ3n) is 3.23. The summed E-state index contributed by atoms with van der Waals surface area (Å²) in [5.41, 5.74) is 0.431. The van der Waals surface area contributed by atoms with Crippen LogP contribution in [-0.4, -0.2) is 65.7 Å². The molecule has 24 heavy (non-hydrogen) atoms. The van der Waals surface area contributed by atoms with Crippen molar-refractivity contribution in [3.63, 3.8) is 0 Å². The number of carbonyl (C=O) groups is 4. The molecule has 1 fully saturated rings. The number of nitrogens with one attached hydrogen (secondary N) is 1. The van der Waals surface area contributed by atoms with E-state index < -0.39 is 30.3 Å². The van der Waals surface area contributed by atoms with Crippen molar-refractivity contribution in [1.29, 1.82) is 0 Å². The third-order valence-corrected chi connectivity index (χ3v) is 3.23. The monoisotopic (exact) mass is 331 g/mol. The van der Waals surface area contributed by atoms with Crippen molar-refractivity contribution >= 4 is 35.3 Å². The van der Waals surface area contributed by atoms with E-state index in [-0.39, 0.29) is 6.54 Å². The van der Waals surface area contributed by atoms with Crippen LogP contribution in [0.25, 0.3) is 0 Å². The molecule has 0 radical (unpaired) electrons. The van der Waals surface area contributed by atoms with Gasteiger partial charge in [0.2, 0.25) is 5.91 Å². The maximum absolute atomic E-state index is 12.2. The molecule has 1 aromatic heterocycles. The Morgan fingerprint density at radius 1 is 1.29 bits per heavy atom. The number of nitrogens with zero attached hydrogens (tertiary/aromatic N) is 4. The largest absolute Gasteiger partial charge is 0.361 e. The zero-order chi connectivity index (χ0) is 17.9. The molecule has 0 aromatic carbocycles. The lowest BCUT2D eigenvalue weighted by Crippen LogP contribution is -2.39. The maximum Gasteiger partial charge on any atom is 0.335 e. The summed E-state index contributed by atoms with van der Waals surface area (Å²) in [6.45, 7) is 2.77. The van der Waals surface area contributed by atoms with Crippen LogP contribution in [0.3, 0.4) is 0 Å². The summed E-state index contributed by atoms with van der Waals surface area (Å²) in [5.74, 6) is -2.09.